The Hall–Kier alpha value is -2.10. The van der Waals surface area contributed by atoms with Crippen LogP contribution in [0.3, 0.4) is 0 Å². The Balaban J connectivity index is 2.60. The Bertz CT molecular complexity index is 419. The molecule has 0 aliphatic heterocycles. The number of rotatable bonds is 3. The van der Waals surface area contributed by atoms with E-state index in [2.05, 4.69) is 16.6 Å². The van der Waals surface area contributed by atoms with E-state index in [0.717, 1.165) is 0 Å². The Kier molecular flexibility index (Phi) is 4.27. The van der Waals surface area contributed by atoms with Crippen molar-refractivity contribution in [2.24, 2.45) is 9.98 Å². The molecular weight excluding hydrogens is 204 g/mol. The maximum absolute atomic E-state index is 8.68. The molecule has 0 radical (unpaired) electrons. The molecule has 16 heavy (non-hydrogen) atoms. The summed E-state index contributed by atoms with van der Waals surface area (Å²) in [7, 11) is 0. The molecule has 0 heterocycles. The van der Waals surface area contributed by atoms with Crippen LogP contribution in [0.1, 0.15) is 12.5 Å². The molecule has 0 unspecified atom stereocenters. The van der Waals surface area contributed by atoms with Crippen LogP contribution >= 0.6 is 0 Å². The number of nitrogens with zero attached hydrogens (tertiary/aromatic N) is 2. The molecule has 0 spiro atoms. The van der Waals surface area contributed by atoms with Gasteiger partial charge in [0.1, 0.15) is 12.1 Å². The van der Waals surface area contributed by atoms with Crippen LogP contribution in [0, 0.1) is 6.92 Å². The lowest BCUT2D eigenvalue weighted by Gasteiger charge is -2.03. The predicted octanol–water partition coefficient (Wildman–Crippen LogP) is 2.85. The molecule has 0 fully saturated rings. The van der Waals surface area contributed by atoms with Gasteiger partial charge in [0.2, 0.25) is 5.88 Å². The summed E-state index contributed by atoms with van der Waals surface area (Å²) in [6.07, 6.45) is 1.19. The molecule has 1 aromatic rings. The van der Waals surface area contributed by atoms with Crippen LogP contribution in [0.25, 0.3) is 0 Å². The molecule has 0 aliphatic rings. The van der Waals surface area contributed by atoms with Crippen LogP contribution in [-0.2, 0) is 0 Å². The summed E-state index contributed by atoms with van der Waals surface area (Å²) < 4.78 is 5.40. The fraction of sp³-hybridized carbons (Fsp3) is 0.167. The van der Waals surface area contributed by atoms with E-state index in [9.17, 15) is 0 Å². The number of hydrogen-bond acceptors (Lipinski definition) is 3. The van der Waals surface area contributed by atoms with Crippen LogP contribution in [0.2, 0.25) is 0 Å². The molecule has 0 saturated carbocycles. The molecular formula is C12H14N2O2. The topological polar surface area (TPSA) is 54.2 Å². The molecule has 0 amide bonds. The van der Waals surface area contributed by atoms with Gasteiger partial charge in [0.25, 0.3) is 0 Å². The maximum Gasteiger partial charge on any atom is 0.204 e. The molecule has 1 N–H and O–H groups in total. The number of aryl methyl sites for hydroxylation is 1. The van der Waals surface area contributed by atoms with E-state index in [1.807, 2.05) is 31.2 Å². The van der Waals surface area contributed by atoms with Crippen LogP contribution in [0.4, 0.5) is 0 Å². The van der Waals surface area contributed by atoms with E-state index in [4.69, 9.17) is 9.84 Å². The fourth-order valence-corrected chi connectivity index (χ4v) is 0.980. The summed E-state index contributed by atoms with van der Waals surface area (Å²) in [5.41, 5.74) is 1.17. The summed E-state index contributed by atoms with van der Waals surface area (Å²) in [4.78, 5) is 7.35. The number of benzene rings is 1. The monoisotopic (exact) mass is 218 g/mol. The van der Waals surface area contributed by atoms with Crippen molar-refractivity contribution in [3.05, 3.63) is 42.3 Å². The molecule has 0 saturated heterocycles. The van der Waals surface area contributed by atoms with Gasteiger partial charge in [0.05, 0.1) is 0 Å². The minimum atomic E-state index is -0.285. The zero-order chi connectivity index (χ0) is 12.0. The zero-order valence-corrected chi connectivity index (χ0v) is 9.34. The number of aliphatic hydroxyl groups excluding tert-OH is 1. The van der Waals surface area contributed by atoms with E-state index >= 15 is 0 Å². The van der Waals surface area contributed by atoms with E-state index < -0.39 is 0 Å². The molecule has 1 aromatic carbocycles. The van der Waals surface area contributed by atoms with Gasteiger partial charge in [-0.25, -0.2) is 9.98 Å². The summed E-state index contributed by atoms with van der Waals surface area (Å²) >= 11 is 0. The first-order valence-corrected chi connectivity index (χ1v) is 4.77. The smallest absolute Gasteiger partial charge is 0.204 e. The molecule has 84 valence electrons. The standard InChI is InChI=1S/C12H14N2O2/c1-9-4-6-12(7-5-9)16-11(3)14-8-13-10(2)15/h4-8,15H,2H2,1,3H3/b13-8-,14-11+. The van der Waals surface area contributed by atoms with Gasteiger partial charge in [0, 0.05) is 6.92 Å². The Labute approximate surface area is 94.6 Å². The third kappa shape index (κ3) is 4.41. The van der Waals surface area contributed by atoms with Gasteiger partial charge in [0.15, 0.2) is 5.90 Å². The summed E-state index contributed by atoms with van der Waals surface area (Å²) in [6, 6.07) is 7.62. The van der Waals surface area contributed by atoms with Crippen LogP contribution < -0.4 is 4.74 Å². The van der Waals surface area contributed by atoms with Crippen LogP contribution in [0.15, 0.2) is 46.7 Å². The normalized spacial score (nSPS) is 11.8. The molecule has 4 heteroatoms. The van der Waals surface area contributed by atoms with Crippen molar-refractivity contribution in [2.45, 2.75) is 13.8 Å². The average molecular weight is 218 g/mol. The summed E-state index contributed by atoms with van der Waals surface area (Å²) in [6.45, 7) is 6.90. The molecule has 0 bridgehead atoms. The van der Waals surface area contributed by atoms with E-state index in [-0.39, 0.29) is 5.88 Å². The Morgan fingerprint density at radius 2 is 2.00 bits per heavy atom. The first-order chi connectivity index (χ1) is 7.58. The predicted molar refractivity (Wildman–Crippen MR) is 65.2 cm³/mol. The van der Waals surface area contributed by atoms with Gasteiger partial charge in [-0.3, -0.25) is 0 Å². The third-order valence-corrected chi connectivity index (χ3v) is 1.73. The van der Waals surface area contributed by atoms with Gasteiger partial charge in [-0.2, -0.15) is 0 Å². The maximum atomic E-state index is 8.68. The first-order valence-electron chi connectivity index (χ1n) is 4.77. The van der Waals surface area contributed by atoms with Crippen LogP contribution in [0.5, 0.6) is 5.75 Å². The largest absolute Gasteiger partial charge is 0.494 e. The number of aliphatic hydroxyl groups is 1. The third-order valence-electron chi connectivity index (χ3n) is 1.73. The van der Waals surface area contributed by atoms with Gasteiger partial charge in [-0.05, 0) is 25.6 Å². The van der Waals surface area contributed by atoms with Gasteiger partial charge in [-0.1, -0.05) is 17.7 Å². The lowest BCUT2D eigenvalue weighted by molar-refractivity contribution is 0.410. The van der Waals surface area contributed by atoms with E-state index in [1.54, 1.807) is 6.92 Å². The second-order valence-electron chi connectivity index (χ2n) is 3.22. The average Bonchev–Trinajstić information content (AvgIpc) is 2.21. The summed E-state index contributed by atoms with van der Waals surface area (Å²) in [5.74, 6) is 0.865. The van der Waals surface area contributed by atoms with Crippen molar-refractivity contribution in [3.8, 4) is 5.75 Å². The molecule has 0 aliphatic carbocycles. The van der Waals surface area contributed by atoms with Crippen molar-refractivity contribution in [1.29, 1.82) is 0 Å². The second-order valence-corrected chi connectivity index (χ2v) is 3.22. The first kappa shape index (κ1) is 12.0. The number of ether oxygens (including phenoxy) is 1. The molecule has 0 aromatic heterocycles. The highest BCUT2D eigenvalue weighted by Crippen LogP contribution is 2.11. The molecule has 4 nitrogen and oxygen atoms in total. The highest BCUT2D eigenvalue weighted by Gasteiger charge is 1.94. The number of aliphatic imine (C=N–C) groups is 2. The number of hydrogen-bond donors (Lipinski definition) is 1. The zero-order valence-electron chi connectivity index (χ0n) is 9.34. The second kappa shape index (κ2) is 5.70. The quantitative estimate of drug-likeness (QED) is 0.482. The SMILES string of the molecule is C=C(O)/N=C\N=C(/C)Oc1ccc(C)cc1. The van der Waals surface area contributed by atoms with Gasteiger partial charge >= 0.3 is 0 Å². The lowest BCUT2D eigenvalue weighted by atomic mass is 10.2. The Morgan fingerprint density at radius 3 is 2.56 bits per heavy atom. The van der Waals surface area contributed by atoms with Gasteiger partial charge < -0.3 is 9.84 Å². The van der Waals surface area contributed by atoms with Crippen molar-refractivity contribution in [3.63, 3.8) is 0 Å². The highest BCUT2D eigenvalue weighted by molar-refractivity contribution is 5.83. The van der Waals surface area contributed by atoms with E-state index in [1.165, 1.54) is 11.9 Å². The van der Waals surface area contributed by atoms with Crippen molar-refractivity contribution < 1.29 is 9.84 Å². The minimum Gasteiger partial charge on any atom is -0.494 e. The fourth-order valence-electron chi connectivity index (χ4n) is 0.980. The van der Waals surface area contributed by atoms with Crippen molar-refractivity contribution in [1.82, 2.24) is 0 Å². The Morgan fingerprint density at radius 1 is 1.38 bits per heavy atom. The molecule has 0 atom stereocenters. The van der Waals surface area contributed by atoms with Crippen molar-refractivity contribution >= 4 is 12.2 Å². The minimum absolute atomic E-state index is 0.285. The van der Waals surface area contributed by atoms with E-state index in [0.29, 0.717) is 11.6 Å². The highest BCUT2D eigenvalue weighted by atomic mass is 16.5. The van der Waals surface area contributed by atoms with Crippen molar-refractivity contribution in [2.75, 3.05) is 0 Å². The molecule has 1 rings (SSSR count). The summed E-state index contributed by atoms with van der Waals surface area (Å²) in [5, 5.41) is 8.68. The van der Waals surface area contributed by atoms with Gasteiger partial charge in [-0.15, -0.1) is 0 Å². The van der Waals surface area contributed by atoms with Crippen LogP contribution in [-0.4, -0.2) is 17.3 Å². The lowest BCUT2D eigenvalue weighted by Crippen LogP contribution is -2.03.